The van der Waals surface area contributed by atoms with Gasteiger partial charge in [-0.1, -0.05) is 25.1 Å². The number of carboxylic acid groups (broad SMARTS) is 2. The van der Waals surface area contributed by atoms with Crippen LogP contribution in [0.3, 0.4) is 0 Å². The fraction of sp³-hybridized carbons (Fsp3) is 0.269. The zero-order valence-electron chi connectivity index (χ0n) is 19.6. The number of esters is 2. The molecular formula is C26H25NO9. The van der Waals surface area contributed by atoms with Gasteiger partial charge < -0.3 is 24.6 Å². The molecule has 1 aliphatic rings. The second kappa shape index (κ2) is 11.3. The maximum atomic E-state index is 12.6. The van der Waals surface area contributed by atoms with E-state index in [0.29, 0.717) is 12.1 Å². The summed E-state index contributed by atoms with van der Waals surface area (Å²) in [5, 5.41) is 19.0. The van der Waals surface area contributed by atoms with Crippen LogP contribution in [0.5, 0.6) is 0 Å². The predicted molar refractivity (Wildman–Crippen MR) is 126 cm³/mol. The van der Waals surface area contributed by atoms with Crippen molar-refractivity contribution in [1.29, 1.82) is 0 Å². The van der Waals surface area contributed by atoms with Crippen LogP contribution in [-0.4, -0.2) is 59.1 Å². The van der Waals surface area contributed by atoms with Gasteiger partial charge in [-0.05, 0) is 48.7 Å². The van der Waals surface area contributed by atoms with Crippen molar-refractivity contribution >= 4 is 35.3 Å². The summed E-state index contributed by atoms with van der Waals surface area (Å²) in [4.78, 5) is 62.0. The molecule has 0 spiro atoms. The van der Waals surface area contributed by atoms with E-state index in [9.17, 15) is 34.2 Å². The van der Waals surface area contributed by atoms with Gasteiger partial charge in [-0.25, -0.2) is 19.2 Å². The summed E-state index contributed by atoms with van der Waals surface area (Å²) in [6.45, 7) is 1.98. The molecule has 2 aromatic carbocycles. The van der Waals surface area contributed by atoms with E-state index in [2.05, 4.69) is 0 Å². The number of hydrogen-bond donors (Lipinski definition) is 2. The van der Waals surface area contributed by atoms with E-state index in [0.717, 1.165) is 12.0 Å². The molecule has 0 radical (unpaired) electrons. The van der Waals surface area contributed by atoms with Crippen LogP contribution in [0, 0.1) is 5.92 Å². The predicted octanol–water partition coefficient (Wildman–Crippen LogP) is 2.93. The minimum atomic E-state index is -2.29. The lowest BCUT2D eigenvalue weighted by molar-refractivity contribution is -0.166. The molecular weight excluding hydrogens is 470 g/mol. The Balaban J connectivity index is 1.73. The molecule has 36 heavy (non-hydrogen) atoms. The number of nitrogens with zero attached hydrogens (tertiary/aromatic N) is 1. The monoisotopic (exact) mass is 495 g/mol. The molecule has 0 bridgehead atoms. The lowest BCUT2D eigenvalue weighted by Crippen LogP contribution is -2.45. The third-order valence-electron chi connectivity index (χ3n) is 5.74. The number of allylic oxidation sites excluding steroid dienone is 1. The number of ether oxygens (including phenoxy) is 2. The van der Waals surface area contributed by atoms with Gasteiger partial charge in [0.25, 0.3) is 0 Å². The fourth-order valence-electron chi connectivity index (χ4n) is 3.66. The average Bonchev–Trinajstić information content (AvgIpc) is 3.18. The van der Waals surface area contributed by atoms with Gasteiger partial charge in [0, 0.05) is 30.9 Å². The number of ketones is 1. The lowest BCUT2D eigenvalue weighted by atomic mass is 10.1. The molecule has 10 nitrogen and oxygen atoms in total. The molecule has 0 heterocycles. The van der Waals surface area contributed by atoms with Crippen molar-refractivity contribution in [2.45, 2.75) is 32.0 Å². The van der Waals surface area contributed by atoms with Crippen LogP contribution >= 0.6 is 0 Å². The summed E-state index contributed by atoms with van der Waals surface area (Å²) in [5.74, 6) is -5.54. The van der Waals surface area contributed by atoms with Crippen molar-refractivity contribution in [3.8, 4) is 0 Å². The maximum Gasteiger partial charge on any atom is 0.349 e. The highest BCUT2D eigenvalue weighted by Crippen LogP contribution is 2.28. The molecule has 10 heteroatoms. The minimum Gasteiger partial charge on any atom is -0.478 e. The average molecular weight is 495 g/mol. The molecule has 188 valence electrons. The molecule has 1 fully saturated rings. The first-order valence-electron chi connectivity index (χ1n) is 11.1. The van der Waals surface area contributed by atoms with Crippen molar-refractivity contribution in [2.75, 3.05) is 11.9 Å². The Kier molecular flexibility index (Phi) is 8.21. The Morgan fingerprint density at radius 1 is 0.889 bits per heavy atom. The first-order valence-corrected chi connectivity index (χ1v) is 11.1. The number of carbonyl (C=O) groups is 5. The number of anilines is 1. The first-order chi connectivity index (χ1) is 17.1. The Bertz CT molecular complexity index is 1190. The number of hydrogen-bond acceptors (Lipinski definition) is 8. The van der Waals surface area contributed by atoms with Crippen molar-refractivity contribution < 1.29 is 43.7 Å². The molecule has 1 aliphatic carbocycles. The van der Waals surface area contributed by atoms with Crippen molar-refractivity contribution in [2.24, 2.45) is 5.92 Å². The van der Waals surface area contributed by atoms with Crippen LogP contribution in [0.1, 0.15) is 40.5 Å². The SMILES string of the molecule is C[C@H]1CCC(=O)/C1=C/N(C)c1ccc(C(=O)O[C@H](C(=O)O)[C@H](OC(=O)c2ccccc2)C(=O)O)cc1. The number of carbonyl (C=O) groups excluding carboxylic acids is 3. The van der Waals surface area contributed by atoms with Crippen molar-refractivity contribution in [1.82, 2.24) is 0 Å². The van der Waals surface area contributed by atoms with Crippen LogP contribution in [0.25, 0.3) is 0 Å². The molecule has 2 N–H and O–H groups in total. The topological polar surface area (TPSA) is 148 Å². The summed E-state index contributed by atoms with van der Waals surface area (Å²) < 4.78 is 9.78. The van der Waals surface area contributed by atoms with Crippen LogP contribution in [-0.2, 0) is 23.9 Å². The van der Waals surface area contributed by atoms with Gasteiger partial charge in [-0.3, -0.25) is 4.79 Å². The van der Waals surface area contributed by atoms with E-state index in [1.807, 2.05) is 6.92 Å². The summed E-state index contributed by atoms with van der Waals surface area (Å²) in [7, 11) is 1.75. The normalized spacial score (nSPS) is 17.8. The van der Waals surface area contributed by atoms with Crippen molar-refractivity contribution in [3.63, 3.8) is 0 Å². The molecule has 0 aliphatic heterocycles. The number of benzene rings is 2. The molecule has 0 saturated heterocycles. The van der Waals surface area contributed by atoms with Gasteiger partial charge in [0.2, 0.25) is 12.2 Å². The number of carboxylic acids is 2. The molecule has 1 saturated carbocycles. The van der Waals surface area contributed by atoms with E-state index in [1.54, 1.807) is 36.3 Å². The van der Waals surface area contributed by atoms with Crippen LogP contribution in [0.2, 0.25) is 0 Å². The molecule has 3 atom stereocenters. The van der Waals surface area contributed by atoms with E-state index < -0.39 is 36.1 Å². The van der Waals surface area contributed by atoms with E-state index in [4.69, 9.17) is 9.47 Å². The molecule has 2 aromatic rings. The molecule has 3 rings (SSSR count). The highest BCUT2D eigenvalue weighted by molar-refractivity contribution is 5.98. The first kappa shape index (κ1) is 26.1. The maximum absolute atomic E-state index is 12.6. The van der Waals surface area contributed by atoms with Gasteiger partial charge in [-0.15, -0.1) is 0 Å². The third kappa shape index (κ3) is 6.15. The van der Waals surface area contributed by atoms with Gasteiger partial charge in [0.05, 0.1) is 11.1 Å². The van der Waals surface area contributed by atoms with Crippen LogP contribution in [0.4, 0.5) is 5.69 Å². The van der Waals surface area contributed by atoms with Crippen LogP contribution in [0.15, 0.2) is 66.4 Å². The summed E-state index contributed by atoms with van der Waals surface area (Å²) >= 11 is 0. The summed E-state index contributed by atoms with van der Waals surface area (Å²) in [6.07, 6.45) is -1.51. The lowest BCUT2D eigenvalue weighted by Gasteiger charge is -2.21. The van der Waals surface area contributed by atoms with E-state index >= 15 is 0 Å². The Labute approximate surface area is 206 Å². The van der Waals surface area contributed by atoms with Crippen LogP contribution < -0.4 is 4.90 Å². The second-order valence-electron chi connectivity index (χ2n) is 8.30. The minimum absolute atomic E-state index is 0.00240. The second-order valence-corrected chi connectivity index (χ2v) is 8.30. The number of rotatable bonds is 9. The van der Waals surface area contributed by atoms with E-state index in [1.165, 1.54) is 36.4 Å². The third-order valence-corrected chi connectivity index (χ3v) is 5.74. The summed E-state index contributed by atoms with van der Waals surface area (Å²) in [6, 6.07) is 13.3. The Hall–Kier alpha value is -4.47. The summed E-state index contributed by atoms with van der Waals surface area (Å²) in [5.41, 5.74) is 1.33. The van der Waals surface area contributed by atoms with Crippen molar-refractivity contribution in [3.05, 3.63) is 77.5 Å². The van der Waals surface area contributed by atoms with Gasteiger partial charge in [0.15, 0.2) is 5.78 Å². The van der Waals surface area contributed by atoms with E-state index in [-0.39, 0.29) is 22.8 Å². The largest absolute Gasteiger partial charge is 0.478 e. The quantitative estimate of drug-likeness (QED) is 0.393. The van der Waals surface area contributed by atoms with Gasteiger partial charge >= 0.3 is 23.9 Å². The van der Waals surface area contributed by atoms with Gasteiger partial charge in [-0.2, -0.15) is 0 Å². The molecule has 0 aromatic heterocycles. The van der Waals surface area contributed by atoms with Gasteiger partial charge in [0.1, 0.15) is 0 Å². The number of aliphatic carboxylic acids is 2. The number of Topliss-reactive ketones (excluding diaryl/α,β-unsaturated/α-hetero) is 1. The highest BCUT2D eigenvalue weighted by atomic mass is 16.6. The highest BCUT2D eigenvalue weighted by Gasteiger charge is 2.41. The molecule has 0 amide bonds. The fourth-order valence-corrected chi connectivity index (χ4v) is 3.66. The molecule has 0 unspecified atom stereocenters. The Morgan fingerprint density at radius 3 is 1.83 bits per heavy atom. The Morgan fingerprint density at radius 2 is 1.39 bits per heavy atom. The standard InChI is InChI=1S/C26H25NO9/c1-15-8-13-20(28)19(15)14-27(2)18-11-9-17(10-12-18)26(34)36-22(24(31)32)21(23(29)30)35-25(33)16-6-4-3-5-7-16/h3-7,9-12,14-15,21-22H,8,13H2,1-2H3,(H,29,30)(H,31,32)/b19-14+/t15-,21-,22-/m0/s1. The zero-order chi connectivity index (χ0) is 26.4. The smallest absolute Gasteiger partial charge is 0.349 e. The zero-order valence-corrected chi connectivity index (χ0v) is 19.6.